The minimum absolute atomic E-state index is 0.164. The summed E-state index contributed by atoms with van der Waals surface area (Å²) < 4.78 is 0. The summed E-state index contributed by atoms with van der Waals surface area (Å²) >= 11 is 7.07. The maximum Gasteiger partial charge on any atom is 0.271 e. The van der Waals surface area contributed by atoms with Gasteiger partial charge in [-0.1, -0.05) is 11.6 Å². The Morgan fingerprint density at radius 2 is 2.29 bits per heavy atom. The van der Waals surface area contributed by atoms with E-state index >= 15 is 0 Å². The number of aromatic nitrogens is 2. The molecule has 5 nitrogen and oxygen atoms in total. The van der Waals surface area contributed by atoms with Gasteiger partial charge in [-0.2, -0.15) is 11.8 Å². The molecule has 0 radical (unpaired) electrons. The van der Waals surface area contributed by atoms with Crippen LogP contribution in [0.25, 0.3) is 0 Å². The van der Waals surface area contributed by atoms with E-state index in [9.17, 15) is 9.90 Å². The van der Waals surface area contributed by atoms with Crippen LogP contribution in [-0.4, -0.2) is 45.4 Å². The van der Waals surface area contributed by atoms with Gasteiger partial charge in [0.05, 0.1) is 5.60 Å². The predicted octanol–water partition coefficient (Wildman–Crippen LogP) is 0.974. The third kappa shape index (κ3) is 4.89. The average Bonchev–Trinajstić information content (AvgIpc) is 2.27. The molecule has 0 spiro atoms. The molecule has 1 amide bonds. The molecule has 1 unspecified atom stereocenters. The summed E-state index contributed by atoms with van der Waals surface area (Å²) in [5.41, 5.74) is -0.760. The lowest BCUT2D eigenvalue weighted by atomic mass is 10.1. The second-order valence-electron chi connectivity index (χ2n) is 3.85. The van der Waals surface area contributed by atoms with Gasteiger partial charge in [-0.3, -0.25) is 4.79 Å². The van der Waals surface area contributed by atoms with Gasteiger partial charge in [0.15, 0.2) is 10.8 Å². The van der Waals surface area contributed by atoms with E-state index in [0.717, 1.165) is 0 Å². The van der Waals surface area contributed by atoms with Crippen LogP contribution in [-0.2, 0) is 0 Å². The minimum Gasteiger partial charge on any atom is -0.387 e. The second-order valence-corrected chi connectivity index (χ2v) is 5.11. The van der Waals surface area contributed by atoms with E-state index in [1.54, 1.807) is 6.92 Å². The van der Waals surface area contributed by atoms with Crippen molar-refractivity contribution in [3.05, 3.63) is 23.0 Å². The number of rotatable bonds is 5. The fourth-order valence-corrected chi connectivity index (χ4v) is 1.99. The van der Waals surface area contributed by atoms with Gasteiger partial charge in [-0.25, -0.2) is 0 Å². The zero-order valence-corrected chi connectivity index (χ0v) is 11.2. The number of amides is 1. The number of nitrogens with one attached hydrogen (secondary N) is 1. The smallest absolute Gasteiger partial charge is 0.271 e. The summed E-state index contributed by atoms with van der Waals surface area (Å²) in [6.07, 6.45) is 1.89. The lowest BCUT2D eigenvalue weighted by molar-refractivity contribution is 0.0721. The number of nitrogens with zero attached hydrogens (tertiary/aromatic N) is 2. The zero-order chi connectivity index (χ0) is 12.9. The Labute approximate surface area is 109 Å². The summed E-state index contributed by atoms with van der Waals surface area (Å²) in [6.45, 7) is 1.83. The average molecular weight is 276 g/mol. The third-order valence-corrected chi connectivity index (χ3v) is 3.06. The van der Waals surface area contributed by atoms with Crippen LogP contribution in [0.5, 0.6) is 0 Å². The van der Waals surface area contributed by atoms with Crippen LogP contribution in [0.15, 0.2) is 12.1 Å². The minimum atomic E-state index is -0.936. The molecule has 0 bridgehead atoms. The number of hydrogen-bond acceptors (Lipinski definition) is 5. The fraction of sp³-hybridized carbons (Fsp3) is 0.500. The fourth-order valence-electron chi connectivity index (χ4n) is 1.16. The number of carbonyl (C=O) groups excluding carboxylic acids is 1. The molecule has 0 saturated carbocycles. The molecule has 17 heavy (non-hydrogen) atoms. The van der Waals surface area contributed by atoms with Crippen LogP contribution in [0.2, 0.25) is 5.15 Å². The number of hydrogen-bond donors (Lipinski definition) is 2. The Morgan fingerprint density at radius 1 is 1.59 bits per heavy atom. The first-order valence-electron chi connectivity index (χ1n) is 4.93. The summed E-state index contributed by atoms with van der Waals surface area (Å²) in [5, 5.41) is 19.9. The zero-order valence-electron chi connectivity index (χ0n) is 9.61. The topological polar surface area (TPSA) is 75.1 Å². The van der Waals surface area contributed by atoms with Crippen molar-refractivity contribution in [2.45, 2.75) is 12.5 Å². The number of aliphatic hydroxyl groups is 1. The van der Waals surface area contributed by atoms with E-state index in [-0.39, 0.29) is 23.3 Å². The Hall–Kier alpha value is -0.850. The van der Waals surface area contributed by atoms with Crippen LogP contribution in [0.3, 0.4) is 0 Å². The van der Waals surface area contributed by atoms with Crippen LogP contribution in [0, 0.1) is 0 Å². The number of halogens is 1. The molecule has 0 aromatic carbocycles. The highest BCUT2D eigenvalue weighted by molar-refractivity contribution is 7.98. The normalized spacial score (nSPS) is 14.1. The Morgan fingerprint density at radius 3 is 2.82 bits per heavy atom. The monoisotopic (exact) mass is 275 g/mol. The molecule has 0 saturated heterocycles. The summed E-state index contributed by atoms with van der Waals surface area (Å²) in [6, 6.07) is 2.97. The van der Waals surface area contributed by atoms with Crippen LogP contribution in [0.4, 0.5) is 0 Å². The molecule has 1 heterocycles. The molecule has 7 heteroatoms. The predicted molar refractivity (Wildman–Crippen MR) is 68.4 cm³/mol. The van der Waals surface area contributed by atoms with Crippen molar-refractivity contribution in [1.29, 1.82) is 0 Å². The van der Waals surface area contributed by atoms with Crippen LogP contribution in [0.1, 0.15) is 17.4 Å². The third-order valence-electron chi connectivity index (χ3n) is 1.95. The maximum absolute atomic E-state index is 11.6. The van der Waals surface area contributed by atoms with E-state index in [1.165, 1.54) is 23.9 Å². The Balaban J connectivity index is 2.53. The molecular weight excluding hydrogens is 262 g/mol. The van der Waals surface area contributed by atoms with E-state index in [0.29, 0.717) is 5.75 Å². The molecule has 1 rings (SSSR count). The van der Waals surface area contributed by atoms with Crippen molar-refractivity contribution < 1.29 is 9.90 Å². The SMILES string of the molecule is CSCC(C)(O)CNC(=O)c1ccc(Cl)nn1. The molecule has 1 aromatic heterocycles. The molecule has 94 valence electrons. The Kier molecular flexibility index (Phi) is 5.17. The molecule has 0 fully saturated rings. The summed E-state index contributed by atoms with van der Waals surface area (Å²) in [7, 11) is 0. The first kappa shape index (κ1) is 14.2. The first-order chi connectivity index (χ1) is 7.94. The van der Waals surface area contributed by atoms with Gasteiger partial charge in [0.25, 0.3) is 5.91 Å². The molecule has 0 aliphatic heterocycles. The quantitative estimate of drug-likeness (QED) is 0.838. The molecule has 0 aliphatic rings. The first-order valence-corrected chi connectivity index (χ1v) is 6.70. The van der Waals surface area contributed by atoms with Gasteiger partial charge in [0.2, 0.25) is 0 Å². The van der Waals surface area contributed by atoms with E-state index in [1.807, 2.05) is 6.26 Å². The van der Waals surface area contributed by atoms with Gasteiger partial charge in [-0.05, 0) is 25.3 Å². The van der Waals surface area contributed by atoms with Crippen molar-refractivity contribution in [2.75, 3.05) is 18.6 Å². The standard InChI is InChI=1S/C10H14ClN3O2S/c1-10(16,6-17-2)5-12-9(15)7-3-4-8(11)14-13-7/h3-4,16H,5-6H2,1-2H3,(H,12,15). The van der Waals surface area contributed by atoms with E-state index in [2.05, 4.69) is 15.5 Å². The van der Waals surface area contributed by atoms with Crippen molar-refractivity contribution >= 4 is 29.3 Å². The highest BCUT2D eigenvalue weighted by atomic mass is 35.5. The lowest BCUT2D eigenvalue weighted by Crippen LogP contribution is -2.42. The second kappa shape index (κ2) is 6.18. The summed E-state index contributed by atoms with van der Waals surface area (Å²) in [5.74, 6) is 0.162. The largest absolute Gasteiger partial charge is 0.387 e. The number of carbonyl (C=O) groups is 1. The number of thioether (sulfide) groups is 1. The van der Waals surface area contributed by atoms with Gasteiger partial charge in [-0.15, -0.1) is 10.2 Å². The van der Waals surface area contributed by atoms with Crippen molar-refractivity contribution in [1.82, 2.24) is 15.5 Å². The van der Waals surface area contributed by atoms with Gasteiger partial charge in [0.1, 0.15) is 0 Å². The van der Waals surface area contributed by atoms with Gasteiger partial charge in [0, 0.05) is 12.3 Å². The maximum atomic E-state index is 11.6. The van der Waals surface area contributed by atoms with Crippen LogP contribution >= 0.6 is 23.4 Å². The van der Waals surface area contributed by atoms with Crippen LogP contribution < -0.4 is 5.32 Å². The molecular formula is C10H14ClN3O2S. The summed E-state index contributed by atoms with van der Waals surface area (Å²) in [4.78, 5) is 11.6. The highest BCUT2D eigenvalue weighted by Crippen LogP contribution is 2.09. The molecule has 1 aromatic rings. The Bertz CT molecular complexity index is 384. The molecule has 0 aliphatic carbocycles. The van der Waals surface area contributed by atoms with E-state index < -0.39 is 5.60 Å². The van der Waals surface area contributed by atoms with Crippen molar-refractivity contribution in [2.24, 2.45) is 0 Å². The van der Waals surface area contributed by atoms with Gasteiger partial charge < -0.3 is 10.4 Å². The van der Waals surface area contributed by atoms with Crippen molar-refractivity contribution in [3.63, 3.8) is 0 Å². The highest BCUT2D eigenvalue weighted by Gasteiger charge is 2.21. The lowest BCUT2D eigenvalue weighted by Gasteiger charge is -2.22. The molecule has 2 N–H and O–H groups in total. The van der Waals surface area contributed by atoms with Gasteiger partial charge >= 0.3 is 0 Å². The van der Waals surface area contributed by atoms with E-state index in [4.69, 9.17) is 11.6 Å². The van der Waals surface area contributed by atoms with Crippen molar-refractivity contribution in [3.8, 4) is 0 Å². The molecule has 1 atom stereocenters.